The Kier molecular flexibility index (Phi) is 6.28. The Morgan fingerprint density at radius 1 is 1.31 bits per heavy atom. The third-order valence-electron chi connectivity index (χ3n) is 2.60. The van der Waals surface area contributed by atoms with Crippen LogP contribution >= 0.6 is 28.3 Å². The molecule has 1 aliphatic heterocycles. The Morgan fingerprint density at radius 3 is 3.00 bits per heavy atom. The molecule has 16 heavy (non-hydrogen) atoms. The zero-order valence-corrected chi connectivity index (χ0v) is 11.6. The van der Waals surface area contributed by atoms with Gasteiger partial charge >= 0.3 is 0 Å². The minimum atomic E-state index is 0. The predicted octanol–water partition coefficient (Wildman–Crippen LogP) is 2.06. The molecule has 0 unspecified atom stereocenters. The maximum Gasteiger partial charge on any atom is 0.0410 e. The van der Waals surface area contributed by atoms with E-state index < -0.39 is 0 Å². The van der Waals surface area contributed by atoms with Crippen LogP contribution in [0, 0.1) is 0 Å². The number of hydrogen-bond acceptors (Lipinski definition) is 3. The van der Waals surface area contributed by atoms with Gasteiger partial charge in [-0.15, -0.1) is 12.4 Å². The van der Waals surface area contributed by atoms with E-state index in [-0.39, 0.29) is 12.4 Å². The molecule has 5 heteroatoms. The van der Waals surface area contributed by atoms with Crippen molar-refractivity contribution in [3.05, 3.63) is 28.5 Å². The van der Waals surface area contributed by atoms with E-state index in [1.54, 1.807) is 0 Å². The second-order valence-electron chi connectivity index (χ2n) is 3.89. The van der Waals surface area contributed by atoms with Crippen LogP contribution in [0.25, 0.3) is 0 Å². The van der Waals surface area contributed by atoms with Crippen molar-refractivity contribution in [1.82, 2.24) is 15.2 Å². The SMILES string of the molecule is Brc1cncc(CN2CCCNCC2)c1.Cl. The van der Waals surface area contributed by atoms with Crippen molar-refractivity contribution in [2.45, 2.75) is 13.0 Å². The first-order valence-corrected chi connectivity index (χ1v) is 6.16. The molecule has 1 aromatic rings. The zero-order valence-electron chi connectivity index (χ0n) is 9.16. The van der Waals surface area contributed by atoms with E-state index in [0.29, 0.717) is 0 Å². The minimum Gasteiger partial charge on any atom is -0.315 e. The molecule has 90 valence electrons. The first kappa shape index (κ1) is 13.9. The maximum absolute atomic E-state index is 4.18. The van der Waals surface area contributed by atoms with Gasteiger partial charge in [0.2, 0.25) is 0 Å². The highest BCUT2D eigenvalue weighted by atomic mass is 79.9. The monoisotopic (exact) mass is 305 g/mol. The largest absolute Gasteiger partial charge is 0.315 e. The van der Waals surface area contributed by atoms with E-state index in [1.165, 1.54) is 18.5 Å². The fraction of sp³-hybridized carbons (Fsp3) is 0.545. The summed E-state index contributed by atoms with van der Waals surface area (Å²) < 4.78 is 1.06. The number of pyridine rings is 1. The van der Waals surface area contributed by atoms with Gasteiger partial charge in [-0.25, -0.2) is 0 Å². The van der Waals surface area contributed by atoms with Gasteiger partial charge in [-0.05, 0) is 47.1 Å². The number of aromatic nitrogens is 1. The third kappa shape index (κ3) is 4.37. The van der Waals surface area contributed by atoms with Crippen molar-refractivity contribution in [2.24, 2.45) is 0 Å². The first-order chi connectivity index (χ1) is 7.34. The molecule has 1 saturated heterocycles. The van der Waals surface area contributed by atoms with Crippen LogP contribution in [0.1, 0.15) is 12.0 Å². The molecule has 1 N–H and O–H groups in total. The third-order valence-corrected chi connectivity index (χ3v) is 3.03. The Labute approximate surface area is 111 Å². The quantitative estimate of drug-likeness (QED) is 0.906. The summed E-state index contributed by atoms with van der Waals surface area (Å²) in [6, 6.07) is 2.14. The molecular weight excluding hydrogens is 289 g/mol. The van der Waals surface area contributed by atoms with Crippen LogP contribution in [0.2, 0.25) is 0 Å². The van der Waals surface area contributed by atoms with Gasteiger partial charge in [0.25, 0.3) is 0 Å². The summed E-state index contributed by atoms with van der Waals surface area (Å²) in [5, 5.41) is 3.41. The van der Waals surface area contributed by atoms with Crippen molar-refractivity contribution in [2.75, 3.05) is 26.2 Å². The summed E-state index contributed by atoms with van der Waals surface area (Å²) >= 11 is 3.45. The van der Waals surface area contributed by atoms with Crippen molar-refractivity contribution in [1.29, 1.82) is 0 Å². The van der Waals surface area contributed by atoms with Crippen molar-refractivity contribution in [3.63, 3.8) is 0 Å². The molecular formula is C11H17BrClN3. The summed E-state index contributed by atoms with van der Waals surface area (Å²) in [6.45, 7) is 5.56. The second kappa shape index (κ2) is 7.22. The molecule has 0 spiro atoms. The van der Waals surface area contributed by atoms with Crippen molar-refractivity contribution in [3.8, 4) is 0 Å². The summed E-state index contributed by atoms with van der Waals surface area (Å²) in [4.78, 5) is 6.66. The van der Waals surface area contributed by atoms with E-state index in [2.05, 4.69) is 37.2 Å². The lowest BCUT2D eigenvalue weighted by Crippen LogP contribution is -2.27. The molecule has 2 heterocycles. The van der Waals surface area contributed by atoms with E-state index in [4.69, 9.17) is 0 Å². The first-order valence-electron chi connectivity index (χ1n) is 5.37. The van der Waals surface area contributed by atoms with Gasteiger partial charge in [-0.1, -0.05) is 0 Å². The Hall–Kier alpha value is -0.160. The van der Waals surface area contributed by atoms with E-state index >= 15 is 0 Å². The summed E-state index contributed by atoms with van der Waals surface area (Å²) in [5.74, 6) is 0. The highest BCUT2D eigenvalue weighted by Gasteiger charge is 2.08. The molecule has 1 aliphatic rings. The normalized spacial score (nSPS) is 17.6. The fourth-order valence-corrected chi connectivity index (χ4v) is 2.27. The minimum absolute atomic E-state index is 0. The topological polar surface area (TPSA) is 28.2 Å². The van der Waals surface area contributed by atoms with Crippen LogP contribution in [0.3, 0.4) is 0 Å². The lowest BCUT2D eigenvalue weighted by Gasteiger charge is -2.19. The van der Waals surface area contributed by atoms with Gasteiger partial charge in [-0.2, -0.15) is 0 Å². The van der Waals surface area contributed by atoms with Crippen LogP contribution in [-0.4, -0.2) is 36.1 Å². The standard InChI is InChI=1S/C11H16BrN3.ClH/c12-11-6-10(7-14-8-11)9-15-4-1-2-13-3-5-15;/h6-8,13H,1-5,9H2;1H. The van der Waals surface area contributed by atoms with Gasteiger partial charge < -0.3 is 5.32 Å². The number of nitrogens with one attached hydrogen (secondary N) is 1. The van der Waals surface area contributed by atoms with Crippen LogP contribution in [0.5, 0.6) is 0 Å². The molecule has 0 amide bonds. The summed E-state index contributed by atoms with van der Waals surface area (Å²) in [7, 11) is 0. The van der Waals surface area contributed by atoms with E-state index in [1.807, 2.05) is 12.4 Å². The molecule has 0 aliphatic carbocycles. The highest BCUT2D eigenvalue weighted by molar-refractivity contribution is 9.10. The number of hydrogen-bond donors (Lipinski definition) is 1. The van der Waals surface area contributed by atoms with Crippen molar-refractivity contribution >= 4 is 28.3 Å². The Balaban J connectivity index is 0.00000128. The molecule has 1 aromatic heterocycles. The summed E-state index contributed by atoms with van der Waals surface area (Å²) in [6.07, 6.45) is 5.01. The number of halogens is 2. The van der Waals surface area contributed by atoms with Crippen molar-refractivity contribution < 1.29 is 0 Å². The maximum atomic E-state index is 4.18. The number of nitrogens with zero attached hydrogens (tertiary/aromatic N) is 2. The Morgan fingerprint density at radius 2 is 2.19 bits per heavy atom. The molecule has 0 atom stereocenters. The lowest BCUT2D eigenvalue weighted by atomic mass is 10.2. The van der Waals surface area contributed by atoms with E-state index in [0.717, 1.165) is 30.7 Å². The van der Waals surface area contributed by atoms with Gasteiger partial charge in [0.1, 0.15) is 0 Å². The highest BCUT2D eigenvalue weighted by Crippen LogP contribution is 2.12. The van der Waals surface area contributed by atoms with Gasteiger partial charge in [0.15, 0.2) is 0 Å². The molecule has 0 bridgehead atoms. The van der Waals surface area contributed by atoms with Gasteiger partial charge in [-0.3, -0.25) is 9.88 Å². The molecule has 0 aromatic carbocycles. The average Bonchev–Trinajstić information content (AvgIpc) is 2.46. The lowest BCUT2D eigenvalue weighted by molar-refractivity contribution is 0.284. The van der Waals surface area contributed by atoms with E-state index in [9.17, 15) is 0 Å². The second-order valence-corrected chi connectivity index (χ2v) is 4.81. The average molecular weight is 307 g/mol. The molecule has 3 nitrogen and oxygen atoms in total. The Bertz CT molecular complexity index is 314. The molecule has 1 fully saturated rings. The fourth-order valence-electron chi connectivity index (χ4n) is 1.86. The van der Waals surface area contributed by atoms with Gasteiger partial charge in [0, 0.05) is 36.5 Å². The van der Waals surface area contributed by atoms with Crippen LogP contribution in [0.4, 0.5) is 0 Å². The summed E-state index contributed by atoms with van der Waals surface area (Å²) in [5.41, 5.74) is 1.28. The van der Waals surface area contributed by atoms with Crippen LogP contribution in [-0.2, 0) is 6.54 Å². The van der Waals surface area contributed by atoms with Crippen LogP contribution in [0.15, 0.2) is 22.9 Å². The smallest absolute Gasteiger partial charge is 0.0410 e. The molecule has 0 radical (unpaired) electrons. The predicted molar refractivity (Wildman–Crippen MR) is 71.9 cm³/mol. The molecule has 2 rings (SSSR count). The molecule has 0 saturated carbocycles. The van der Waals surface area contributed by atoms with Gasteiger partial charge in [0.05, 0.1) is 0 Å². The van der Waals surface area contributed by atoms with Crippen LogP contribution < -0.4 is 5.32 Å². The zero-order chi connectivity index (χ0) is 10.5. The number of rotatable bonds is 2.